The number of carbonyl (C=O) groups is 2. The third-order valence-electron chi connectivity index (χ3n) is 2.91. The number of urea groups is 1. The average Bonchev–Trinajstić information content (AvgIpc) is 2.35. The first-order valence-corrected chi connectivity index (χ1v) is 6.78. The van der Waals surface area contributed by atoms with Crippen LogP contribution in [-0.4, -0.2) is 41.1 Å². The minimum atomic E-state index is -1.04. The van der Waals surface area contributed by atoms with Crippen LogP contribution in [0.4, 0.5) is 10.5 Å². The first-order valence-electron chi connectivity index (χ1n) is 6.78. The van der Waals surface area contributed by atoms with Crippen LogP contribution in [0.15, 0.2) is 24.3 Å². The van der Waals surface area contributed by atoms with Gasteiger partial charge in [0.25, 0.3) is 0 Å². The molecule has 1 aromatic carbocycles. The van der Waals surface area contributed by atoms with E-state index in [1.807, 2.05) is 25.2 Å². The Morgan fingerprint density at radius 2 is 1.95 bits per heavy atom. The van der Waals surface area contributed by atoms with Gasteiger partial charge < -0.3 is 20.6 Å². The van der Waals surface area contributed by atoms with Crippen molar-refractivity contribution in [1.82, 2.24) is 10.2 Å². The average molecular weight is 293 g/mol. The first-order chi connectivity index (χ1) is 9.74. The summed E-state index contributed by atoms with van der Waals surface area (Å²) in [5.41, 5.74) is 1.11. The highest BCUT2D eigenvalue weighted by molar-refractivity contribution is 5.91. The van der Waals surface area contributed by atoms with Crippen LogP contribution >= 0.6 is 0 Å². The van der Waals surface area contributed by atoms with E-state index in [-0.39, 0.29) is 6.54 Å². The van der Waals surface area contributed by atoms with Gasteiger partial charge in [0.05, 0.1) is 0 Å². The van der Waals surface area contributed by atoms with Crippen LogP contribution in [0.2, 0.25) is 0 Å². The van der Waals surface area contributed by atoms with E-state index < -0.39 is 17.5 Å². The van der Waals surface area contributed by atoms with Crippen LogP contribution in [0.3, 0.4) is 0 Å². The van der Waals surface area contributed by atoms with Crippen LogP contribution in [0.25, 0.3) is 0 Å². The van der Waals surface area contributed by atoms with Crippen molar-refractivity contribution in [2.24, 2.45) is 0 Å². The van der Waals surface area contributed by atoms with Gasteiger partial charge in [-0.1, -0.05) is 12.1 Å². The summed E-state index contributed by atoms with van der Waals surface area (Å²) in [4.78, 5) is 24.5. The predicted octanol–water partition coefficient (Wildman–Crippen LogP) is 2.12. The van der Waals surface area contributed by atoms with Gasteiger partial charge in [-0.3, -0.25) is 4.79 Å². The number of anilines is 1. The number of carboxylic acid groups (broad SMARTS) is 1. The SMILES string of the molecule is CNCc1cccc(NC(=O)N(CC(=O)O)C(C)(C)C)c1. The van der Waals surface area contributed by atoms with Crippen molar-refractivity contribution in [2.75, 3.05) is 18.9 Å². The molecule has 6 heteroatoms. The van der Waals surface area contributed by atoms with Crippen LogP contribution in [0.1, 0.15) is 26.3 Å². The lowest BCUT2D eigenvalue weighted by atomic mass is 10.1. The van der Waals surface area contributed by atoms with E-state index in [9.17, 15) is 9.59 Å². The molecule has 1 aromatic rings. The number of amides is 2. The van der Waals surface area contributed by atoms with Gasteiger partial charge in [0.2, 0.25) is 0 Å². The molecule has 0 saturated heterocycles. The third kappa shape index (κ3) is 5.43. The smallest absolute Gasteiger partial charge is 0.323 e. The molecule has 0 aliphatic carbocycles. The van der Waals surface area contributed by atoms with Gasteiger partial charge in [0.1, 0.15) is 6.54 Å². The van der Waals surface area contributed by atoms with Crippen LogP contribution in [-0.2, 0) is 11.3 Å². The quantitative estimate of drug-likeness (QED) is 0.776. The van der Waals surface area contributed by atoms with Crippen molar-refractivity contribution in [3.63, 3.8) is 0 Å². The molecule has 0 unspecified atom stereocenters. The summed E-state index contributed by atoms with van der Waals surface area (Å²) in [6, 6.07) is 7.01. The second-order valence-corrected chi connectivity index (χ2v) is 5.81. The van der Waals surface area contributed by atoms with Crippen molar-refractivity contribution in [1.29, 1.82) is 0 Å². The van der Waals surface area contributed by atoms with Crippen molar-refractivity contribution in [3.05, 3.63) is 29.8 Å². The molecule has 0 aromatic heterocycles. The van der Waals surface area contributed by atoms with Crippen molar-refractivity contribution < 1.29 is 14.7 Å². The maximum absolute atomic E-state index is 12.3. The zero-order valence-electron chi connectivity index (χ0n) is 12.9. The van der Waals surface area contributed by atoms with E-state index in [2.05, 4.69) is 10.6 Å². The number of carbonyl (C=O) groups excluding carboxylic acids is 1. The van der Waals surface area contributed by atoms with Crippen molar-refractivity contribution >= 4 is 17.7 Å². The summed E-state index contributed by atoms with van der Waals surface area (Å²) in [5.74, 6) is -1.04. The lowest BCUT2D eigenvalue weighted by Gasteiger charge is -2.34. The largest absolute Gasteiger partial charge is 0.480 e. The maximum Gasteiger partial charge on any atom is 0.323 e. The molecule has 0 fully saturated rings. The van der Waals surface area contributed by atoms with E-state index in [0.29, 0.717) is 12.2 Å². The molecule has 116 valence electrons. The fourth-order valence-corrected chi connectivity index (χ4v) is 1.90. The topological polar surface area (TPSA) is 81.7 Å². The van der Waals surface area contributed by atoms with E-state index in [0.717, 1.165) is 5.56 Å². The molecule has 0 saturated carbocycles. The van der Waals surface area contributed by atoms with E-state index in [1.54, 1.807) is 26.8 Å². The van der Waals surface area contributed by atoms with Gasteiger partial charge in [-0.05, 0) is 45.5 Å². The minimum Gasteiger partial charge on any atom is -0.480 e. The Morgan fingerprint density at radius 1 is 1.29 bits per heavy atom. The molecular weight excluding hydrogens is 270 g/mol. The number of rotatable bonds is 5. The Morgan fingerprint density at radius 3 is 2.48 bits per heavy atom. The zero-order chi connectivity index (χ0) is 16.0. The second kappa shape index (κ2) is 7.08. The first kappa shape index (κ1) is 17.0. The standard InChI is InChI=1S/C15H23N3O3/c1-15(2,3)18(10-13(19)20)14(21)17-12-7-5-6-11(8-12)9-16-4/h5-8,16H,9-10H2,1-4H3,(H,17,21)(H,19,20). The molecule has 0 radical (unpaired) electrons. The van der Waals surface area contributed by atoms with Crippen LogP contribution in [0, 0.1) is 0 Å². The molecule has 21 heavy (non-hydrogen) atoms. The fraction of sp³-hybridized carbons (Fsp3) is 0.467. The Kier molecular flexibility index (Phi) is 5.72. The highest BCUT2D eigenvalue weighted by Gasteiger charge is 2.28. The predicted molar refractivity (Wildman–Crippen MR) is 82.3 cm³/mol. The lowest BCUT2D eigenvalue weighted by molar-refractivity contribution is -0.138. The minimum absolute atomic E-state index is 0.342. The number of benzene rings is 1. The third-order valence-corrected chi connectivity index (χ3v) is 2.91. The van der Waals surface area contributed by atoms with Gasteiger partial charge >= 0.3 is 12.0 Å². The molecule has 0 aliphatic rings. The lowest BCUT2D eigenvalue weighted by Crippen LogP contribution is -2.50. The monoisotopic (exact) mass is 293 g/mol. The van der Waals surface area contributed by atoms with Crippen molar-refractivity contribution in [3.8, 4) is 0 Å². The molecule has 1 rings (SSSR count). The van der Waals surface area contributed by atoms with Crippen molar-refractivity contribution in [2.45, 2.75) is 32.9 Å². The molecule has 3 N–H and O–H groups in total. The number of hydrogen-bond acceptors (Lipinski definition) is 3. The summed E-state index contributed by atoms with van der Waals surface area (Å²) in [7, 11) is 1.85. The Hall–Kier alpha value is -2.08. The van der Waals surface area contributed by atoms with E-state index in [4.69, 9.17) is 5.11 Å². The number of hydrogen-bond donors (Lipinski definition) is 3. The molecule has 0 spiro atoms. The Labute approximate surface area is 125 Å². The zero-order valence-corrected chi connectivity index (χ0v) is 12.9. The summed E-state index contributed by atoms with van der Waals surface area (Å²) in [5, 5.41) is 14.7. The second-order valence-electron chi connectivity index (χ2n) is 5.81. The summed E-state index contributed by atoms with van der Waals surface area (Å²) < 4.78 is 0. The molecule has 0 bridgehead atoms. The molecule has 0 heterocycles. The maximum atomic E-state index is 12.3. The van der Waals surface area contributed by atoms with Crippen LogP contribution < -0.4 is 10.6 Å². The number of nitrogens with one attached hydrogen (secondary N) is 2. The number of aliphatic carboxylic acids is 1. The molecule has 6 nitrogen and oxygen atoms in total. The van der Waals surface area contributed by atoms with E-state index in [1.165, 1.54) is 4.90 Å². The molecule has 0 atom stereocenters. The van der Waals surface area contributed by atoms with E-state index >= 15 is 0 Å². The van der Waals surface area contributed by atoms with Crippen LogP contribution in [0.5, 0.6) is 0 Å². The summed E-state index contributed by atoms with van der Waals surface area (Å²) in [6.45, 7) is 5.75. The highest BCUT2D eigenvalue weighted by atomic mass is 16.4. The summed E-state index contributed by atoms with van der Waals surface area (Å²) in [6.07, 6.45) is 0. The number of carboxylic acids is 1. The normalized spacial score (nSPS) is 11.0. The number of nitrogens with zero attached hydrogens (tertiary/aromatic N) is 1. The molecular formula is C15H23N3O3. The Bertz CT molecular complexity index is 509. The fourth-order valence-electron chi connectivity index (χ4n) is 1.90. The van der Waals surface area contributed by atoms with Gasteiger partial charge in [-0.15, -0.1) is 0 Å². The highest BCUT2D eigenvalue weighted by Crippen LogP contribution is 2.17. The Balaban J connectivity index is 2.86. The van der Waals surface area contributed by atoms with Gasteiger partial charge in [-0.2, -0.15) is 0 Å². The summed E-state index contributed by atoms with van der Waals surface area (Å²) >= 11 is 0. The molecule has 2 amide bonds. The van der Waals surface area contributed by atoms with Gasteiger partial charge in [0.15, 0.2) is 0 Å². The van der Waals surface area contributed by atoms with Gasteiger partial charge in [-0.25, -0.2) is 4.79 Å². The molecule has 0 aliphatic heterocycles. The van der Waals surface area contributed by atoms with Gasteiger partial charge in [0, 0.05) is 17.8 Å².